The number of amides is 1. The van der Waals surface area contributed by atoms with Gasteiger partial charge in [-0.25, -0.2) is 0 Å². The molecular formula is C13H19NO3S. The summed E-state index contributed by atoms with van der Waals surface area (Å²) in [5, 5.41) is 0. The third-order valence-corrected chi connectivity index (χ3v) is 3.53. The largest absolute Gasteiger partial charge is 0.465 e. The van der Waals surface area contributed by atoms with Crippen LogP contribution >= 0.6 is 11.3 Å². The Morgan fingerprint density at radius 1 is 1.33 bits per heavy atom. The fraction of sp³-hybridized carbons (Fsp3) is 0.538. The van der Waals surface area contributed by atoms with Crippen LogP contribution in [-0.2, 0) is 9.53 Å². The fourth-order valence-corrected chi connectivity index (χ4v) is 2.62. The van der Waals surface area contributed by atoms with Crippen LogP contribution in [0.15, 0.2) is 6.07 Å². The molecule has 0 N–H and O–H groups in total. The van der Waals surface area contributed by atoms with Crippen molar-refractivity contribution in [2.45, 2.75) is 27.7 Å². The van der Waals surface area contributed by atoms with E-state index in [0.717, 1.165) is 9.75 Å². The van der Waals surface area contributed by atoms with Gasteiger partial charge in [0.25, 0.3) is 5.91 Å². The van der Waals surface area contributed by atoms with Crippen molar-refractivity contribution in [2.75, 3.05) is 19.7 Å². The Balaban J connectivity index is 2.79. The summed E-state index contributed by atoms with van der Waals surface area (Å²) in [6.45, 7) is 8.33. The Morgan fingerprint density at radius 2 is 2.00 bits per heavy atom. The summed E-state index contributed by atoms with van der Waals surface area (Å²) in [4.78, 5) is 27.3. The number of thiophene rings is 1. The predicted octanol–water partition coefficient (Wildman–Crippen LogP) is 2.39. The first-order valence-corrected chi connectivity index (χ1v) is 6.83. The van der Waals surface area contributed by atoms with E-state index in [-0.39, 0.29) is 18.4 Å². The van der Waals surface area contributed by atoms with Crippen LogP contribution in [0.5, 0.6) is 0 Å². The molecule has 0 radical (unpaired) electrons. The Bertz CT molecular complexity index is 439. The van der Waals surface area contributed by atoms with E-state index in [2.05, 4.69) is 0 Å². The van der Waals surface area contributed by atoms with E-state index in [4.69, 9.17) is 4.74 Å². The lowest BCUT2D eigenvalue weighted by molar-refractivity contribution is -0.143. The Kier molecular flexibility index (Phi) is 5.34. The third kappa shape index (κ3) is 3.57. The molecular weight excluding hydrogens is 250 g/mol. The van der Waals surface area contributed by atoms with Gasteiger partial charge in [0.1, 0.15) is 6.54 Å². The average molecular weight is 269 g/mol. The maximum absolute atomic E-state index is 12.3. The van der Waals surface area contributed by atoms with E-state index < -0.39 is 0 Å². The summed E-state index contributed by atoms with van der Waals surface area (Å²) < 4.78 is 4.87. The lowest BCUT2D eigenvalue weighted by Gasteiger charge is -2.19. The molecule has 1 aromatic rings. The van der Waals surface area contributed by atoms with E-state index in [9.17, 15) is 9.59 Å². The number of hydrogen-bond acceptors (Lipinski definition) is 4. The molecule has 1 aromatic heterocycles. The van der Waals surface area contributed by atoms with Crippen LogP contribution in [0, 0.1) is 13.8 Å². The van der Waals surface area contributed by atoms with Crippen molar-refractivity contribution in [3.8, 4) is 0 Å². The van der Waals surface area contributed by atoms with Crippen LogP contribution in [0.3, 0.4) is 0 Å². The molecule has 0 saturated carbocycles. The molecule has 4 nitrogen and oxygen atoms in total. The summed E-state index contributed by atoms with van der Waals surface area (Å²) in [6.07, 6.45) is 0. The molecule has 0 aromatic carbocycles. The number of aryl methyl sites for hydroxylation is 2. The van der Waals surface area contributed by atoms with Gasteiger partial charge in [0, 0.05) is 16.3 Å². The number of hydrogen-bond donors (Lipinski definition) is 0. The Hall–Kier alpha value is -1.36. The summed E-state index contributed by atoms with van der Waals surface area (Å²) in [5.41, 5.74) is 0.684. The number of carbonyl (C=O) groups excluding carboxylic acids is 2. The first-order valence-electron chi connectivity index (χ1n) is 6.01. The van der Waals surface area contributed by atoms with Gasteiger partial charge in [-0.1, -0.05) is 0 Å². The van der Waals surface area contributed by atoms with Gasteiger partial charge < -0.3 is 9.64 Å². The quantitative estimate of drug-likeness (QED) is 0.771. The molecule has 1 rings (SSSR count). The first kappa shape index (κ1) is 14.7. The van der Waals surface area contributed by atoms with Crippen LogP contribution in [-0.4, -0.2) is 36.5 Å². The summed E-state index contributed by atoms with van der Waals surface area (Å²) in [6, 6.07) is 1.87. The highest BCUT2D eigenvalue weighted by Gasteiger charge is 2.20. The van der Waals surface area contributed by atoms with Crippen LogP contribution in [0.4, 0.5) is 0 Å². The van der Waals surface area contributed by atoms with Gasteiger partial charge in [-0.15, -0.1) is 11.3 Å². The molecule has 0 spiro atoms. The second-order valence-corrected chi connectivity index (χ2v) is 5.41. The highest BCUT2D eigenvalue weighted by molar-refractivity contribution is 7.12. The molecule has 0 aliphatic rings. The highest BCUT2D eigenvalue weighted by Crippen LogP contribution is 2.21. The second-order valence-electron chi connectivity index (χ2n) is 3.95. The molecule has 0 aliphatic carbocycles. The highest BCUT2D eigenvalue weighted by atomic mass is 32.1. The van der Waals surface area contributed by atoms with Crippen LogP contribution in [0.25, 0.3) is 0 Å². The maximum atomic E-state index is 12.3. The fourth-order valence-electron chi connectivity index (χ4n) is 1.70. The number of nitrogens with zero attached hydrogens (tertiary/aromatic N) is 1. The molecule has 5 heteroatoms. The number of rotatable bonds is 5. The monoisotopic (exact) mass is 269 g/mol. The normalized spacial score (nSPS) is 10.2. The van der Waals surface area contributed by atoms with Gasteiger partial charge in [-0.05, 0) is 33.8 Å². The molecule has 18 heavy (non-hydrogen) atoms. The Morgan fingerprint density at radius 3 is 2.44 bits per heavy atom. The lowest BCUT2D eigenvalue weighted by Crippen LogP contribution is -2.36. The van der Waals surface area contributed by atoms with Gasteiger partial charge in [0.2, 0.25) is 0 Å². The van der Waals surface area contributed by atoms with Gasteiger partial charge in [-0.3, -0.25) is 9.59 Å². The van der Waals surface area contributed by atoms with E-state index in [1.54, 1.807) is 18.3 Å². The molecule has 0 fully saturated rings. The van der Waals surface area contributed by atoms with E-state index in [1.165, 1.54) is 4.90 Å². The van der Waals surface area contributed by atoms with Crippen molar-refractivity contribution in [2.24, 2.45) is 0 Å². The molecule has 0 atom stereocenters. The zero-order chi connectivity index (χ0) is 13.7. The van der Waals surface area contributed by atoms with Gasteiger partial charge in [0.15, 0.2) is 0 Å². The van der Waals surface area contributed by atoms with Crippen molar-refractivity contribution in [1.29, 1.82) is 0 Å². The summed E-state index contributed by atoms with van der Waals surface area (Å²) >= 11 is 1.59. The molecule has 100 valence electrons. The number of esters is 1. The predicted molar refractivity (Wildman–Crippen MR) is 72.0 cm³/mol. The van der Waals surface area contributed by atoms with Crippen molar-refractivity contribution in [3.63, 3.8) is 0 Å². The van der Waals surface area contributed by atoms with Crippen LogP contribution < -0.4 is 0 Å². The first-order chi connectivity index (χ1) is 8.49. The number of carbonyl (C=O) groups is 2. The molecule has 1 heterocycles. The topological polar surface area (TPSA) is 46.6 Å². The zero-order valence-corrected chi connectivity index (χ0v) is 12.1. The van der Waals surface area contributed by atoms with Crippen molar-refractivity contribution >= 4 is 23.2 Å². The van der Waals surface area contributed by atoms with Crippen LogP contribution in [0.1, 0.15) is 34.0 Å². The average Bonchev–Trinajstić information content (AvgIpc) is 2.65. The minimum atomic E-state index is -0.364. The minimum Gasteiger partial charge on any atom is -0.465 e. The van der Waals surface area contributed by atoms with E-state index in [0.29, 0.717) is 18.7 Å². The molecule has 0 unspecified atom stereocenters. The van der Waals surface area contributed by atoms with Crippen molar-refractivity contribution in [3.05, 3.63) is 21.4 Å². The van der Waals surface area contributed by atoms with E-state index in [1.807, 2.05) is 26.8 Å². The van der Waals surface area contributed by atoms with Crippen molar-refractivity contribution < 1.29 is 14.3 Å². The standard InChI is InChI=1S/C13H19NO3S/c1-5-14(8-12(15)17-6-2)13(16)11-7-9(3)18-10(11)4/h7H,5-6,8H2,1-4H3. The van der Waals surface area contributed by atoms with Crippen molar-refractivity contribution in [1.82, 2.24) is 4.90 Å². The minimum absolute atomic E-state index is 0.0114. The smallest absolute Gasteiger partial charge is 0.325 e. The second kappa shape index (κ2) is 6.54. The molecule has 0 bridgehead atoms. The molecule has 0 aliphatic heterocycles. The van der Waals surface area contributed by atoms with Gasteiger partial charge in [-0.2, -0.15) is 0 Å². The lowest BCUT2D eigenvalue weighted by atomic mass is 10.2. The van der Waals surface area contributed by atoms with E-state index >= 15 is 0 Å². The number of ether oxygens (including phenoxy) is 1. The SMILES string of the molecule is CCOC(=O)CN(CC)C(=O)c1cc(C)sc1C. The van der Waals surface area contributed by atoms with Crippen LogP contribution in [0.2, 0.25) is 0 Å². The molecule has 0 saturated heterocycles. The molecule has 1 amide bonds. The Labute approximate surface area is 112 Å². The number of likely N-dealkylation sites (N-methyl/N-ethyl adjacent to an activating group) is 1. The summed E-state index contributed by atoms with van der Waals surface area (Å²) in [7, 11) is 0. The zero-order valence-electron chi connectivity index (χ0n) is 11.3. The summed E-state index contributed by atoms with van der Waals surface area (Å²) in [5.74, 6) is -0.468. The maximum Gasteiger partial charge on any atom is 0.325 e. The van der Waals surface area contributed by atoms with Gasteiger partial charge >= 0.3 is 5.97 Å². The third-order valence-electron chi connectivity index (χ3n) is 2.57. The van der Waals surface area contributed by atoms with Gasteiger partial charge in [0.05, 0.1) is 12.2 Å².